The zero-order valence-corrected chi connectivity index (χ0v) is 11.1. The molecule has 1 aliphatic heterocycles. The van der Waals surface area contributed by atoms with Crippen molar-refractivity contribution in [3.63, 3.8) is 0 Å². The van der Waals surface area contributed by atoms with Gasteiger partial charge in [-0.2, -0.15) is 0 Å². The van der Waals surface area contributed by atoms with Gasteiger partial charge < -0.3 is 16.0 Å². The van der Waals surface area contributed by atoms with Crippen molar-refractivity contribution >= 4 is 11.8 Å². The molecular weight excluding hydrogens is 261 g/mol. The molecule has 20 heavy (non-hydrogen) atoms. The number of halogens is 1. The number of carbonyl (C=O) groups is 2. The van der Waals surface area contributed by atoms with Crippen LogP contribution in [0.3, 0.4) is 0 Å². The Morgan fingerprint density at radius 1 is 1.35 bits per heavy atom. The number of benzene rings is 1. The first-order chi connectivity index (χ1) is 9.63. The van der Waals surface area contributed by atoms with E-state index < -0.39 is 0 Å². The summed E-state index contributed by atoms with van der Waals surface area (Å²) >= 11 is 0. The van der Waals surface area contributed by atoms with Crippen molar-refractivity contribution in [2.45, 2.75) is 18.9 Å². The fourth-order valence-electron chi connectivity index (χ4n) is 2.13. The second-order valence-corrected chi connectivity index (χ2v) is 4.84. The molecule has 1 heterocycles. The van der Waals surface area contributed by atoms with Gasteiger partial charge in [0.05, 0.1) is 13.0 Å². The topological polar surface area (TPSA) is 70.2 Å². The Balaban J connectivity index is 1.70. The Kier molecular flexibility index (Phi) is 5.06. The van der Waals surface area contributed by atoms with E-state index in [9.17, 15) is 14.0 Å². The first-order valence-electron chi connectivity index (χ1n) is 6.65. The molecule has 0 aromatic heterocycles. The number of hydrogen-bond acceptors (Lipinski definition) is 3. The molecule has 2 amide bonds. The van der Waals surface area contributed by atoms with Gasteiger partial charge in [-0.15, -0.1) is 0 Å². The largest absolute Gasteiger partial charge is 0.351 e. The normalized spacial score (nSPS) is 17.8. The summed E-state index contributed by atoms with van der Waals surface area (Å²) in [5.41, 5.74) is 0.586. The monoisotopic (exact) mass is 279 g/mol. The van der Waals surface area contributed by atoms with Crippen molar-refractivity contribution in [2.75, 3.05) is 19.6 Å². The quantitative estimate of drug-likeness (QED) is 0.708. The second-order valence-electron chi connectivity index (χ2n) is 4.84. The summed E-state index contributed by atoms with van der Waals surface area (Å²) in [5.74, 6) is -0.872. The van der Waals surface area contributed by atoms with Gasteiger partial charge in [0.15, 0.2) is 0 Å². The van der Waals surface area contributed by atoms with Crippen LogP contribution in [0.1, 0.15) is 12.0 Å². The predicted octanol–water partition coefficient (Wildman–Crippen LogP) is -0.0375. The van der Waals surface area contributed by atoms with E-state index in [1.54, 1.807) is 12.1 Å². The molecule has 0 radical (unpaired) electrons. The first kappa shape index (κ1) is 14.5. The molecule has 0 spiro atoms. The first-order valence-corrected chi connectivity index (χ1v) is 6.65. The fraction of sp³-hybridized carbons (Fsp3) is 0.429. The summed E-state index contributed by atoms with van der Waals surface area (Å²) in [6, 6.07) is 6.00. The van der Waals surface area contributed by atoms with E-state index in [0.717, 1.165) is 19.5 Å². The minimum Gasteiger partial charge on any atom is -0.351 e. The summed E-state index contributed by atoms with van der Waals surface area (Å²) < 4.78 is 13.0. The Morgan fingerprint density at radius 3 is 2.90 bits per heavy atom. The molecule has 1 aromatic carbocycles. The molecule has 1 saturated heterocycles. The average molecular weight is 279 g/mol. The van der Waals surface area contributed by atoms with Gasteiger partial charge in [0.1, 0.15) is 5.82 Å². The van der Waals surface area contributed by atoms with Crippen LogP contribution in [0.25, 0.3) is 0 Å². The molecule has 5 nitrogen and oxygen atoms in total. The van der Waals surface area contributed by atoms with Crippen LogP contribution in [-0.4, -0.2) is 37.5 Å². The standard InChI is InChI=1S/C14H18FN3O2/c15-11-3-1-2-10(6-11)7-13(19)17-9-14(20)18-12-4-5-16-8-12/h1-3,6,12,16H,4-5,7-9H2,(H,17,19)(H,18,20). The summed E-state index contributed by atoms with van der Waals surface area (Å²) in [7, 11) is 0. The van der Waals surface area contributed by atoms with Crippen molar-refractivity contribution in [2.24, 2.45) is 0 Å². The summed E-state index contributed by atoms with van der Waals surface area (Å²) in [5, 5.41) is 8.50. The van der Waals surface area contributed by atoms with E-state index >= 15 is 0 Å². The summed E-state index contributed by atoms with van der Waals surface area (Å²) in [4.78, 5) is 23.2. The van der Waals surface area contributed by atoms with Crippen molar-refractivity contribution in [3.8, 4) is 0 Å². The minimum atomic E-state index is -0.373. The lowest BCUT2D eigenvalue weighted by atomic mass is 10.1. The Hall–Kier alpha value is -1.95. The molecular formula is C14H18FN3O2. The Morgan fingerprint density at radius 2 is 2.20 bits per heavy atom. The van der Waals surface area contributed by atoms with Gasteiger partial charge in [-0.1, -0.05) is 12.1 Å². The molecule has 108 valence electrons. The van der Waals surface area contributed by atoms with Crippen molar-refractivity contribution in [3.05, 3.63) is 35.6 Å². The van der Waals surface area contributed by atoms with Crippen LogP contribution in [0.2, 0.25) is 0 Å². The lowest BCUT2D eigenvalue weighted by molar-refractivity contribution is -0.126. The summed E-state index contributed by atoms with van der Waals surface area (Å²) in [6.45, 7) is 1.62. The maximum Gasteiger partial charge on any atom is 0.239 e. The van der Waals surface area contributed by atoms with E-state index in [1.807, 2.05) is 0 Å². The predicted molar refractivity (Wildman–Crippen MR) is 72.5 cm³/mol. The molecule has 6 heteroatoms. The lowest BCUT2D eigenvalue weighted by Gasteiger charge is -2.11. The summed E-state index contributed by atoms with van der Waals surface area (Å²) in [6.07, 6.45) is 0.971. The third-order valence-electron chi connectivity index (χ3n) is 3.13. The molecule has 1 aliphatic rings. The van der Waals surface area contributed by atoms with Crippen molar-refractivity contribution < 1.29 is 14.0 Å². The number of hydrogen-bond donors (Lipinski definition) is 3. The molecule has 2 rings (SSSR count). The van der Waals surface area contributed by atoms with Crippen LogP contribution >= 0.6 is 0 Å². The minimum absolute atomic E-state index is 0.0509. The number of amides is 2. The molecule has 3 N–H and O–H groups in total. The van der Waals surface area contributed by atoms with Gasteiger partial charge in [-0.3, -0.25) is 9.59 Å². The molecule has 0 saturated carbocycles. The number of carbonyl (C=O) groups excluding carboxylic acids is 2. The van der Waals surface area contributed by atoms with Crippen LogP contribution in [0.15, 0.2) is 24.3 Å². The van der Waals surface area contributed by atoms with Crippen molar-refractivity contribution in [1.29, 1.82) is 0 Å². The van der Waals surface area contributed by atoms with Gasteiger partial charge in [-0.05, 0) is 30.7 Å². The molecule has 1 fully saturated rings. The van der Waals surface area contributed by atoms with Crippen LogP contribution in [-0.2, 0) is 16.0 Å². The fourth-order valence-corrected chi connectivity index (χ4v) is 2.13. The smallest absolute Gasteiger partial charge is 0.239 e. The van der Waals surface area contributed by atoms with Gasteiger partial charge in [0.2, 0.25) is 11.8 Å². The highest BCUT2D eigenvalue weighted by atomic mass is 19.1. The Bertz CT molecular complexity index is 487. The van der Waals surface area contributed by atoms with Crippen LogP contribution < -0.4 is 16.0 Å². The lowest BCUT2D eigenvalue weighted by Crippen LogP contribution is -2.43. The van der Waals surface area contributed by atoms with Gasteiger partial charge in [0, 0.05) is 12.6 Å². The van der Waals surface area contributed by atoms with E-state index in [0.29, 0.717) is 5.56 Å². The number of nitrogens with one attached hydrogen (secondary N) is 3. The van der Waals surface area contributed by atoms with Gasteiger partial charge in [-0.25, -0.2) is 4.39 Å². The SMILES string of the molecule is O=C(Cc1cccc(F)c1)NCC(=O)NC1CCNC1. The number of rotatable bonds is 5. The zero-order valence-electron chi connectivity index (χ0n) is 11.1. The average Bonchev–Trinajstić information content (AvgIpc) is 2.89. The Labute approximate surface area is 116 Å². The molecule has 0 bridgehead atoms. The van der Waals surface area contributed by atoms with Crippen LogP contribution in [0, 0.1) is 5.82 Å². The van der Waals surface area contributed by atoms with Crippen molar-refractivity contribution in [1.82, 2.24) is 16.0 Å². The highest BCUT2D eigenvalue weighted by Gasteiger charge is 2.16. The molecule has 1 atom stereocenters. The van der Waals surface area contributed by atoms with E-state index in [-0.39, 0.29) is 36.6 Å². The van der Waals surface area contributed by atoms with Crippen LogP contribution in [0.4, 0.5) is 4.39 Å². The highest BCUT2D eigenvalue weighted by molar-refractivity contribution is 5.85. The third-order valence-corrected chi connectivity index (χ3v) is 3.13. The van der Waals surface area contributed by atoms with Crippen LogP contribution in [0.5, 0.6) is 0 Å². The third kappa shape index (κ3) is 4.62. The maximum absolute atomic E-state index is 13.0. The molecule has 0 aliphatic carbocycles. The molecule has 1 aromatic rings. The van der Waals surface area contributed by atoms with E-state index in [2.05, 4.69) is 16.0 Å². The van der Waals surface area contributed by atoms with Gasteiger partial charge in [0.25, 0.3) is 0 Å². The van der Waals surface area contributed by atoms with Gasteiger partial charge >= 0.3 is 0 Å². The highest BCUT2D eigenvalue weighted by Crippen LogP contribution is 2.04. The zero-order chi connectivity index (χ0) is 14.4. The second kappa shape index (κ2) is 7.00. The maximum atomic E-state index is 13.0. The molecule has 1 unspecified atom stereocenters. The van der Waals surface area contributed by atoms with E-state index in [1.165, 1.54) is 12.1 Å². The van der Waals surface area contributed by atoms with E-state index in [4.69, 9.17) is 0 Å².